The van der Waals surface area contributed by atoms with Crippen molar-refractivity contribution in [2.45, 2.75) is 39.2 Å². The lowest BCUT2D eigenvalue weighted by Gasteiger charge is -2.20. The van der Waals surface area contributed by atoms with Gasteiger partial charge in [0.25, 0.3) is 5.91 Å². The second kappa shape index (κ2) is 7.97. The Kier molecular flexibility index (Phi) is 5.71. The molecular formula is C19H23N3OS2. The van der Waals surface area contributed by atoms with Crippen molar-refractivity contribution in [1.82, 2.24) is 16.2 Å². The average molecular weight is 374 g/mol. The topological polar surface area (TPSA) is 53.2 Å². The lowest BCUT2D eigenvalue weighted by atomic mass is 9.88. The maximum Gasteiger partial charge on any atom is 0.270 e. The van der Waals surface area contributed by atoms with Gasteiger partial charge in [0.15, 0.2) is 5.11 Å². The van der Waals surface area contributed by atoms with Crippen LogP contribution in [0.1, 0.15) is 52.7 Å². The summed E-state index contributed by atoms with van der Waals surface area (Å²) in [5.74, 6) is 0.583. The van der Waals surface area contributed by atoms with E-state index in [4.69, 9.17) is 12.2 Å². The molecule has 0 radical (unpaired) electrons. The predicted octanol–water partition coefficient (Wildman–Crippen LogP) is 3.74. The molecule has 25 heavy (non-hydrogen) atoms. The third kappa shape index (κ3) is 4.38. The number of thiocarbonyl (C=S) groups is 1. The molecule has 1 heterocycles. The number of nitrogens with one attached hydrogen (secondary N) is 3. The molecule has 1 aliphatic rings. The van der Waals surface area contributed by atoms with Crippen molar-refractivity contribution >= 4 is 34.6 Å². The molecule has 3 rings (SSSR count). The first kappa shape index (κ1) is 17.9. The Balaban J connectivity index is 1.53. The molecule has 132 valence electrons. The number of benzene rings is 1. The fourth-order valence-corrected chi connectivity index (χ4v) is 4.58. The molecule has 1 aromatic heterocycles. The van der Waals surface area contributed by atoms with E-state index in [0.29, 0.717) is 11.0 Å². The van der Waals surface area contributed by atoms with Crippen LogP contribution in [0.2, 0.25) is 0 Å². The number of thiophene rings is 1. The zero-order valence-corrected chi connectivity index (χ0v) is 16.1. The second-order valence-electron chi connectivity index (χ2n) is 6.58. The highest BCUT2D eigenvalue weighted by Gasteiger charge is 2.23. The molecule has 2 aromatic rings. The van der Waals surface area contributed by atoms with Crippen molar-refractivity contribution in [2.75, 3.05) is 0 Å². The number of fused-ring (bicyclic) bond motifs is 1. The van der Waals surface area contributed by atoms with Crippen LogP contribution in [0.4, 0.5) is 0 Å². The molecule has 0 saturated carbocycles. The monoisotopic (exact) mass is 373 g/mol. The van der Waals surface area contributed by atoms with E-state index >= 15 is 0 Å². The normalized spacial score (nSPS) is 17.3. The standard InChI is InChI=1S/C19H23N3OS2/c1-12-8-9-15-16(11-25-17(15)10-12)18(23)21-22-19(24)20-13(2)14-6-4-3-5-7-14/h3-7,11-13H,8-10H2,1-2H3,(H,21,23)(H2,20,22,24)/t12-,13+/m0/s1. The highest BCUT2D eigenvalue weighted by Crippen LogP contribution is 2.32. The summed E-state index contributed by atoms with van der Waals surface area (Å²) in [6, 6.07) is 10.1. The van der Waals surface area contributed by atoms with Gasteiger partial charge in [-0.25, -0.2) is 0 Å². The van der Waals surface area contributed by atoms with Crippen LogP contribution < -0.4 is 16.2 Å². The van der Waals surface area contributed by atoms with Gasteiger partial charge < -0.3 is 5.32 Å². The van der Waals surface area contributed by atoms with Gasteiger partial charge in [-0.3, -0.25) is 15.6 Å². The zero-order chi connectivity index (χ0) is 17.8. The van der Waals surface area contributed by atoms with E-state index in [9.17, 15) is 4.79 Å². The number of amides is 1. The molecule has 0 fully saturated rings. The van der Waals surface area contributed by atoms with Crippen LogP contribution >= 0.6 is 23.6 Å². The summed E-state index contributed by atoms with van der Waals surface area (Å²) < 4.78 is 0. The molecule has 0 spiro atoms. The zero-order valence-electron chi connectivity index (χ0n) is 14.5. The summed E-state index contributed by atoms with van der Waals surface area (Å²) in [7, 11) is 0. The van der Waals surface area contributed by atoms with Gasteiger partial charge >= 0.3 is 0 Å². The van der Waals surface area contributed by atoms with Crippen LogP contribution in [0.25, 0.3) is 0 Å². The maximum absolute atomic E-state index is 12.5. The van der Waals surface area contributed by atoms with Gasteiger partial charge in [-0.2, -0.15) is 0 Å². The smallest absolute Gasteiger partial charge is 0.270 e. The molecule has 0 aliphatic heterocycles. The van der Waals surface area contributed by atoms with Crippen LogP contribution in [-0.4, -0.2) is 11.0 Å². The van der Waals surface area contributed by atoms with E-state index in [0.717, 1.165) is 30.4 Å². The van der Waals surface area contributed by atoms with E-state index in [-0.39, 0.29) is 11.9 Å². The molecule has 0 unspecified atom stereocenters. The Labute approximate surface area is 158 Å². The molecule has 0 saturated heterocycles. The van der Waals surface area contributed by atoms with Gasteiger partial charge in [-0.1, -0.05) is 37.3 Å². The summed E-state index contributed by atoms with van der Waals surface area (Å²) in [4.78, 5) is 13.8. The van der Waals surface area contributed by atoms with E-state index in [1.165, 1.54) is 10.4 Å². The SMILES string of the molecule is C[C@H]1CCc2c(C(=O)NNC(=S)N[C@H](C)c3ccccc3)csc2C1. The maximum atomic E-state index is 12.5. The third-order valence-electron chi connectivity index (χ3n) is 4.58. The van der Waals surface area contributed by atoms with Crippen LogP contribution in [0, 0.1) is 5.92 Å². The highest BCUT2D eigenvalue weighted by atomic mass is 32.1. The lowest BCUT2D eigenvalue weighted by Crippen LogP contribution is -2.47. The predicted molar refractivity (Wildman–Crippen MR) is 107 cm³/mol. The van der Waals surface area contributed by atoms with Gasteiger partial charge in [0.1, 0.15) is 0 Å². The summed E-state index contributed by atoms with van der Waals surface area (Å²) >= 11 is 6.97. The number of hydrazine groups is 1. The van der Waals surface area contributed by atoms with Crippen molar-refractivity contribution in [3.05, 3.63) is 57.3 Å². The minimum atomic E-state index is -0.122. The van der Waals surface area contributed by atoms with Crippen LogP contribution in [0.3, 0.4) is 0 Å². The number of hydrogen-bond acceptors (Lipinski definition) is 3. The largest absolute Gasteiger partial charge is 0.355 e. The lowest BCUT2D eigenvalue weighted by molar-refractivity contribution is 0.0942. The van der Waals surface area contributed by atoms with Gasteiger partial charge in [-0.15, -0.1) is 11.3 Å². The molecule has 1 amide bonds. The van der Waals surface area contributed by atoms with Crippen molar-refractivity contribution < 1.29 is 4.79 Å². The molecule has 1 aliphatic carbocycles. The van der Waals surface area contributed by atoms with Crippen LogP contribution in [0.15, 0.2) is 35.7 Å². The molecular weight excluding hydrogens is 350 g/mol. The van der Waals surface area contributed by atoms with Crippen molar-refractivity contribution in [3.8, 4) is 0 Å². The quantitative estimate of drug-likeness (QED) is 0.567. The number of rotatable bonds is 3. The highest BCUT2D eigenvalue weighted by molar-refractivity contribution is 7.80. The van der Waals surface area contributed by atoms with E-state index in [1.807, 2.05) is 42.6 Å². The Bertz CT molecular complexity index is 757. The van der Waals surface area contributed by atoms with E-state index in [2.05, 4.69) is 23.1 Å². The molecule has 3 N–H and O–H groups in total. The number of carbonyl (C=O) groups is 1. The number of carbonyl (C=O) groups excluding carboxylic acids is 1. The first-order valence-electron chi connectivity index (χ1n) is 8.55. The van der Waals surface area contributed by atoms with Gasteiger partial charge in [0, 0.05) is 10.3 Å². The van der Waals surface area contributed by atoms with Crippen molar-refractivity contribution in [1.29, 1.82) is 0 Å². The first-order valence-corrected chi connectivity index (χ1v) is 9.84. The Morgan fingerprint density at radius 1 is 1.28 bits per heavy atom. The summed E-state index contributed by atoms with van der Waals surface area (Å²) in [6.45, 7) is 4.30. The summed E-state index contributed by atoms with van der Waals surface area (Å²) in [5.41, 5.74) is 8.65. The van der Waals surface area contributed by atoms with Crippen molar-refractivity contribution in [3.63, 3.8) is 0 Å². The van der Waals surface area contributed by atoms with Crippen LogP contribution in [0.5, 0.6) is 0 Å². The average Bonchev–Trinajstić information content (AvgIpc) is 3.03. The molecule has 4 nitrogen and oxygen atoms in total. The third-order valence-corrected chi connectivity index (χ3v) is 5.85. The van der Waals surface area contributed by atoms with Gasteiger partial charge in [-0.05, 0) is 55.4 Å². The minimum Gasteiger partial charge on any atom is -0.355 e. The summed E-state index contributed by atoms with van der Waals surface area (Å²) in [5, 5.41) is 5.54. The second-order valence-corrected chi connectivity index (χ2v) is 7.96. The molecule has 2 atom stereocenters. The Morgan fingerprint density at radius 3 is 2.80 bits per heavy atom. The minimum absolute atomic E-state index is 0.0634. The molecule has 6 heteroatoms. The van der Waals surface area contributed by atoms with E-state index in [1.54, 1.807) is 11.3 Å². The van der Waals surface area contributed by atoms with Crippen LogP contribution in [-0.2, 0) is 12.8 Å². The fraction of sp³-hybridized carbons (Fsp3) is 0.368. The first-order chi connectivity index (χ1) is 12.0. The number of hydrogen-bond donors (Lipinski definition) is 3. The van der Waals surface area contributed by atoms with Gasteiger partial charge in [0.05, 0.1) is 11.6 Å². The summed E-state index contributed by atoms with van der Waals surface area (Å²) in [6.07, 6.45) is 3.21. The fourth-order valence-electron chi connectivity index (χ4n) is 3.11. The molecule has 0 bridgehead atoms. The molecule has 1 aromatic carbocycles. The Morgan fingerprint density at radius 2 is 2.04 bits per heavy atom. The Hall–Kier alpha value is -1.92. The van der Waals surface area contributed by atoms with Gasteiger partial charge in [0.2, 0.25) is 0 Å². The van der Waals surface area contributed by atoms with E-state index < -0.39 is 0 Å². The van der Waals surface area contributed by atoms with Crippen molar-refractivity contribution in [2.24, 2.45) is 5.92 Å².